The molecule has 44 heavy (non-hydrogen) atoms. The van der Waals surface area contributed by atoms with Gasteiger partial charge in [-0.3, -0.25) is 9.59 Å². The third-order valence-electron chi connectivity index (χ3n) is 8.02. The zero-order chi connectivity index (χ0) is 32.7. The van der Waals surface area contributed by atoms with Gasteiger partial charge in [-0.1, -0.05) is 44.6 Å². The van der Waals surface area contributed by atoms with E-state index in [1.807, 2.05) is 12.2 Å². The maximum Gasteiger partial charge on any atom is 0.407 e. The van der Waals surface area contributed by atoms with E-state index in [4.69, 9.17) is 14.2 Å². The molecule has 3 rings (SSSR count). The van der Waals surface area contributed by atoms with Gasteiger partial charge < -0.3 is 35.1 Å². The molecule has 12 nitrogen and oxygen atoms in total. The first-order valence-corrected chi connectivity index (χ1v) is 19.6. The molecule has 0 radical (unpaired) electrons. The number of amides is 4. The Kier molecular flexibility index (Phi) is 11.9. The van der Waals surface area contributed by atoms with Crippen LogP contribution in [0.3, 0.4) is 0 Å². The Balaban J connectivity index is 1.86. The van der Waals surface area contributed by atoms with Crippen molar-refractivity contribution < 1.29 is 38.2 Å². The molecule has 248 valence electrons. The zero-order valence-corrected chi connectivity index (χ0v) is 28.5. The van der Waals surface area contributed by atoms with Crippen molar-refractivity contribution in [3.63, 3.8) is 0 Å². The Morgan fingerprint density at radius 1 is 1.07 bits per heavy atom. The maximum atomic E-state index is 14.1. The van der Waals surface area contributed by atoms with Crippen molar-refractivity contribution in [3.05, 3.63) is 12.2 Å². The minimum atomic E-state index is -1.43. The highest BCUT2D eigenvalue weighted by Gasteiger charge is 2.62. The lowest BCUT2D eigenvalue weighted by Crippen LogP contribution is -2.56. The summed E-state index contributed by atoms with van der Waals surface area (Å²) in [6.07, 6.45) is 6.72. The van der Waals surface area contributed by atoms with Crippen molar-refractivity contribution in [2.45, 2.75) is 128 Å². The first-order valence-electron chi connectivity index (χ1n) is 15.9. The highest BCUT2D eigenvalue weighted by atomic mass is 28.3. The predicted octanol–water partition coefficient (Wildman–Crippen LogP) is 3.87. The first kappa shape index (κ1) is 35.4. The molecule has 3 aliphatic rings. The van der Waals surface area contributed by atoms with Gasteiger partial charge in [0.1, 0.15) is 23.2 Å². The minimum absolute atomic E-state index is 0.0365. The molecule has 4 amide bonds. The number of rotatable bonds is 7. The van der Waals surface area contributed by atoms with E-state index in [-0.39, 0.29) is 32.1 Å². The van der Waals surface area contributed by atoms with Crippen LogP contribution in [-0.2, 0) is 28.6 Å². The first-order chi connectivity index (χ1) is 20.5. The number of nitrogens with one attached hydrogen (secondary N) is 3. The summed E-state index contributed by atoms with van der Waals surface area (Å²) < 4.78 is 16.2. The van der Waals surface area contributed by atoms with E-state index in [9.17, 15) is 24.0 Å². The van der Waals surface area contributed by atoms with E-state index in [2.05, 4.69) is 35.6 Å². The number of hydrogen-bond donors (Lipinski definition) is 3. The van der Waals surface area contributed by atoms with E-state index in [0.717, 1.165) is 25.3 Å². The number of nitrogens with zero attached hydrogens (tertiary/aromatic N) is 1. The molecule has 1 aliphatic carbocycles. The zero-order valence-electron chi connectivity index (χ0n) is 27.5. The average Bonchev–Trinajstić information content (AvgIpc) is 3.42. The third kappa shape index (κ3) is 10.2. The lowest BCUT2D eigenvalue weighted by atomic mass is 10.0. The fourth-order valence-corrected chi connectivity index (χ4v) is 6.27. The number of alkyl carbamates (subject to hydrolysis) is 2. The highest BCUT2D eigenvalue weighted by molar-refractivity contribution is 6.76. The number of carbonyl (C=O) groups is 5. The monoisotopic (exact) mass is 636 g/mol. The molecule has 1 saturated carbocycles. The molecular weight excluding hydrogens is 584 g/mol. The van der Waals surface area contributed by atoms with E-state index < -0.39 is 67.3 Å². The second-order valence-corrected chi connectivity index (χ2v) is 19.9. The van der Waals surface area contributed by atoms with E-state index in [1.54, 1.807) is 27.7 Å². The van der Waals surface area contributed by atoms with Crippen molar-refractivity contribution >= 4 is 38.0 Å². The molecule has 2 aliphatic heterocycles. The fraction of sp³-hybridized carbons (Fsp3) is 0.774. The van der Waals surface area contributed by atoms with Crippen LogP contribution in [0.15, 0.2) is 12.2 Å². The van der Waals surface area contributed by atoms with Crippen LogP contribution < -0.4 is 16.0 Å². The van der Waals surface area contributed by atoms with Crippen LogP contribution in [0.2, 0.25) is 25.7 Å². The molecule has 0 aromatic carbocycles. The second kappa shape index (κ2) is 14.8. The van der Waals surface area contributed by atoms with Crippen LogP contribution >= 0.6 is 0 Å². The Morgan fingerprint density at radius 3 is 2.45 bits per heavy atom. The number of esters is 1. The van der Waals surface area contributed by atoms with Crippen molar-refractivity contribution in [1.82, 2.24) is 20.9 Å². The van der Waals surface area contributed by atoms with Crippen molar-refractivity contribution in [2.75, 3.05) is 19.8 Å². The van der Waals surface area contributed by atoms with Crippen LogP contribution in [0.5, 0.6) is 0 Å². The van der Waals surface area contributed by atoms with Gasteiger partial charge in [0, 0.05) is 20.5 Å². The molecule has 0 bridgehead atoms. The minimum Gasteiger partial charge on any atom is -0.464 e. The summed E-state index contributed by atoms with van der Waals surface area (Å²) in [4.78, 5) is 67.8. The molecule has 0 aromatic rings. The van der Waals surface area contributed by atoms with Gasteiger partial charge >= 0.3 is 18.2 Å². The molecule has 3 N–H and O–H groups in total. The molecule has 13 heteroatoms. The molecule has 0 aromatic heterocycles. The van der Waals surface area contributed by atoms with Crippen LogP contribution in [0, 0.1) is 5.92 Å². The van der Waals surface area contributed by atoms with Crippen LogP contribution in [-0.4, -0.2) is 92.0 Å². The number of ether oxygens (including phenoxy) is 3. The molecule has 1 saturated heterocycles. The number of fused-ring (bicyclic) bond motifs is 2. The topological polar surface area (TPSA) is 152 Å². The summed E-state index contributed by atoms with van der Waals surface area (Å²) in [5.74, 6) is -1.67. The van der Waals surface area contributed by atoms with Gasteiger partial charge in [0.25, 0.3) is 0 Å². The molecule has 2 fully saturated rings. The van der Waals surface area contributed by atoms with Crippen molar-refractivity contribution in [3.8, 4) is 0 Å². The molecular formula is C31H52N4O8Si. The van der Waals surface area contributed by atoms with Gasteiger partial charge in [0.15, 0.2) is 0 Å². The van der Waals surface area contributed by atoms with Gasteiger partial charge in [-0.2, -0.15) is 0 Å². The Labute approximate surface area is 262 Å². The summed E-state index contributed by atoms with van der Waals surface area (Å²) in [5.41, 5.74) is -1.93. The van der Waals surface area contributed by atoms with Crippen LogP contribution in [0.4, 0.5) is 9.59 Å². The van der Waals surface area contributed by atoms with Gasteiger partial charge in [0.2, 0.25) is 11.8 Å². The molecule has 5 atom stereocenters. The maximum absolute atomic E-state index is 14.1. The Hall–Kier alpha value is -3.09. The lowest BCUT2D eigenvalue weighted by Gasteiger charge is -2.29. The molecule has 0 spiro atoms. The van der Waals surface area contributed by atoms with Crippen molar-refractivity contribution in [2.24, 2.45) is 5.92 Å². The third-order valence-corrected chi connectivity index (χ3v) is 9.72. The average molecular weight is 637 g/mol. The van der Waals surface area contributed by atoms with Crippen LogP contribution in [0.25, 0.3) is 0 Å². The summed E-state index contributed by atoms with van der Waals surface area (Å²) in [6, 6.07) is -1.70. The Morgan fingerprint density at radius 2 is 1.80 bits per heavy atom. The fourth-order valence-electron chi connectivity index (χ4n) is 5.56. The molecule has 2 heterocycles. The predicted molar refractivity (Wildman–Crippen MR) is 168 cm³/mol. The van der Waals surface area contributed by atoms with Gasteiger partial charge in [-0.25, -0.2) is 14.4 Å². The lowest BCUT2D eigenvalue weighted by molar-refractivity contribution is -0.150. The Bertz CT molecular complexity index is 1100. The SMILES string of the molecule is CCOC(=O)[C@@]12C[C@H]1/C=C\CCCCC[C@H](NC(=O)OCC[Si](C)(C)C)C(=O)N1C[C@H](NC(=O)OC(C)(C)C)C[C@H]1C(=O)N2. The van der Waals surface area contributed by atoms with E-state index >= 15 is 0 Å². The normalized spacial score (nSPS) is 28.7. The smallest absolute Gasteiger partial charge is 0.407 e. The van der Waals surface area contributed by atoms with Crippen molar-refractivity contribution in [1.29, 1.82) is 0 Å². The second-order valence-electron chi connectivity index (χ2n) is 14.3. The summed E-state index contributed by atoms with van der Waals surface area (Å²) in [6.45, 7) is 14.0. The van der Waals surface area contributed by atoms with E-state index in [0.29, 0.717) is 19.3 Å². The van der Waals surface area contributed by atoms with Gasteiger partial charge in [0.05, 0.1) is 19.3 Å². The van der Waals surface area contributed by atoms with Crippen LogP contribution in [0.1, 0.15) is 72.6 Å². The summed E-state index contributed by atoms with van der Waals surface area (Å²) >= 11 is 0. The summed E-state index contributed by atoms with van der Waals surface area (Å²) in [7, 11) is -1.43. The van der Waals surface area contributed by atoms with Gasteiger partial charge in [-0.05, 0) is 65.8 Å². The number of allylic oxidation sites excluding steroid dienone is 1. The molecule has 0 unspecified atom stereocenters. The van der Waals surface area contributed by atoms with Gasteiger partial charge in [-0.15, -0.1) is 0 Å². The standard InChI is InChI=1S/C31H52N4O8Si/c1-8-41-27(38)31-19-21(31)14-12-10-9-11-13-15-23(33-28(39)42-16-17-44(5,6)7)26(37)35-20-22(18-24(35)25(36)34-31)32-29(40)43-30(2,3)4/h12,14,21-24H,8-11,13,15-20H2,1-7H3,(H,32,40)(H,33,39)(H,34,36)/b14-12-/t21-,22-,23+,24+,31-/m1/s1. The number of hydrogen-bond acceptors (Lipinski definition) is 8. The van der Waals surface area contributed by atoms with E-state index in [1.165, 1.54) is 4.90 Å². The highest BCUT2D eigenvalue weighted by Crippen LogP contribution is 2.46. The largest absolute Gasteiger partial charge is 0.464 e. The number of carbonyl (C=O) groups excluding carboxylic acids is 5. The quantitative estimate of drug-likeness (QED) is 0.165. The summed E-state index contributed by atoms with van der Waals surface area (Å²) in [5, 5.41) is 8.45.